The second kappa shape index (κ2) is 9.07. The molecule has 0 atom stereocenters. The van der Waals surface area contributed by atoms with E-state index in [2.05, 4.69) is 16.0 Å². The van der Waals surface area contributed by atoms with Crippen LogP contribution < -0.4 is 16.0 Å². The van der Waals surface area contributed by atoms with Crippen LogP contribution in [0, 0.1) is 0 Å². The van der Waals surface area contributed by atoms with E-state index in [1.807, 2.05) is 6.92 Å². The molecule has 116 valence electrons. The number of hydrogen-bond acceptors (Lipinski definition) is 4. The van der Waals surface area contributed by atoms with Crippen molar-refractivity contribution in [1.82, 2.24) is 5.32 Å². The first-order chi connectivity index (χ1) is 10.1. The Balaban J connectivity index is 2.92. The minimum absolute atomic E-state index is 0.298. The van der Waals surface area contributed by atoms with Gasteiger partial charge in [0.05, 0.1) is 23.5 Å². The van der Waals surface area contributed by atoms with Gasteiger partial charge >= 0.3 is 12.0 Å². The summed E-state index contributed by atoms with van der Waals surface area (Å²) >= 11 is 5.52. The lowest BCUT2D eigenvalue weighted by molar-refractivity contribution is 0.0526. The second-order valence-electron chi connectivity index (χ2n) is 4.08. The van der Waals surface area contributed by atoms with Crippen LogP contribution in [0.5, 0.6) is 0 Å². The van der Waals surface area contributed by atoms with Crippen molar-refractivity contribution in [2.75, 3.05) is 36.2 Å². The molecular formula is C14H20ClN3O3. The summed E-state index contributed by atoms with van der Waals surface area (Å²) < 4.78 is 4.95. The van der Waals surface area contributed by atoms with E-state index in [0.29, 0.717) is 36.8 Å². The van der Waals surface area contributed by atoms with E-state index in [1.165, 1.54) is 0 Å². The van der Waals surface area contributed by atoms with Crippen molar-refractivity contribution >= 4 is 35.0 Å². The standard InChI is InChI=1S/C14H20ClN3O3/c1-3-16-11-6-5-10(13(19)21-4-2)9-12(11)18-14(20)17-8-7-15/h5-6,9,16H,3-4,7-8H2,1-2H3,(H2,17,18,20). The second-order valence-corrected chi connectivity index (χ2v) is 4.46. The first-order valence-electron chi connectivity index (χ1n) is 6.78. The first-order valence-corrected chi connectivity index (χ1v) is 7.31. The quantitative estimate of drug-likeness (QED) is 0.534. The number of carbonyl (C=O) groups is 2. The number of anilines is 2. The van der Waals surface area contributed by atoms with Gasteiger partial charge in [0.1, 0.15) is 0 Å². The van der Waals surface area contributed by atoms with Gasteiger partial charge in [-0.15, -0.1) is 11.6 Å². The fourth-order valence-electron chi connectivity index (χ4n) is 1.66. The molecule has 0 fully saturated rings. The molecule has 2 amide bonds. The Bertz CT molecular complexity index is 494. The van der Waals surface area contributed by atoms with Crippen molar-refractivity contribution in [2.45, 2.75) is 13.8 Å². The topological polar surface area (TPSA) is 79.5 Å². The summed E-state index contributed by atoms with van der Waals surface area (Å²) in [4.78, 5) is 23.4. The summed E-state index contributed by atoms with van der Waals surface area (Å²) in [5, 5.41) is 8.40. The van der Waals surface area contributed by atoms with Crippen molar-refractivity contribution in [3.8, 4) is 0 Å². The van der Waals surface area contributed by atoms with E-state index in [4.69, 9.17) is 16.3 Å². The Morgan fingerprint density at radius 3 is 2.62 bits per heavy atom. The Labute approximate surface area is 129 Å². The van der Waals surface area contributed by atoms with Gasteiger partial charge in [0.25, 0.3) is 0 Å². The van der Waals surface area contributed by atoms with Gasteiger partial charge in [-0.2, -0.15) is 0 Å². The molecule has 0 radical (unpaired) electrons. The van der Waals surface area contributed by atoms with Crippen LogP contribution in [0.3, 0.4) is 0 Å². The molecule has 0 saturated carbocycles. The lowest BCUT2D eigenvalue weighted by Crippen LogP contribution is -2.30. The highest BCUT2D eigenvalue weighted by Crippen LogP contribution is 2.23. The molecule has 0 bridgehead atoms. The van der Waals surface area contributed by atoms with E-state index < -0.39 is 5.97 Å². The Hall–Kier alpha value is -1.95. The van der Waals surface area contributed by atoms with Gasteiger partial charge in [-0.3, -0.25) is 0 Å². The summed E-state index contributed by atoms with van der Waals surface area (Å²) in [6, 6.07) is 4.58. The predicted molar refractivity (Wildman–Crippen MR) is 84.3 cm³/mol. The molecule has 0 aliphatic rings. The van der Waals surface area contributed by atoms with Crippen molar-refractivity contribution in [2.24, 2.45) is 0 Å². The average Bonchev–Trinajstić information content (AvgIpc) is 2.47. The average molecular weight is 314 g/mol. The molecule has 0 aliphatic heterocycles. The zero-order valence-corrected chi connectivity index (χ0v) is 12.9. The molecule has 1 aromatic rings. The summed E-state index contributed by atoms with van der Waals surface area (Å²) in [6.45, 7) is 5.03. The number of halogens is 1. The third-order valence-corrected chi connectivity index (χ3v) is 2.72. The van der Waals surface area contributed by atoms with Crippen LogP contribution >= 0.6 is 11.6 Å². The van der Waals surface area contributed by atoms with Crippen LogP contribution in [0.1, 0.15) is 24.2 Å². The molecule has 0 spiro atoms. The molecular weight excluding hydrogens is 294 g/mol. The maximum absolute atomic E-state index is 11.7. The number of esters is 1. The summed E-state index contributed by atoms with van der Waals surface area (Å²) in [5.74, 6) is -0.0964. The lowest BCUT2D eigenvalue weighted by atomic mass is 10.1. The Morgan fingerprint density at radius 2 is 2.00 bits per heavy atom. The number of hydrogen-bond donors (Lipinski definition) is 3. The molecule has 3 N–H and O–H groups in total. The minimum Gasteiger partial charge on any atom is -0.462 e. The third kappa shape index (κ3) is 5.51. The highest BCUT2D eigenvalue weighted by Gasteiger charge is 2.12. The van der Waals surface area contributed by atoms with Gasteiger partial charge in [0.15, 0.2) is 0 Å². The van der Waals surface area contributed by atoms with Gasteiger partial charge in [0, 0.05) is 19.0 Å². The molecule has 6 nitrogen and oxygen atoms in total. The number of benzene rings is 1. The van der Waals surface area contributed by atoms with Gasteiger partial charge in [-0.25, -0.2) is 9.59 Å². The van der Waals surface area contributed by atoms with E-state index in [9.17, 15) is 9.59 Å². The van der Waals surface area contributed by atoms with E-state index >= 15 is 0 Å². The molecule has 1 aromatic carbocycles. The normalized spacial score (nSPS) is 9.86. The molecule has 0 heterocycles. The number of alkyl halides is 1. The van der Waals surface area contributed by atoms with Crippen LogP contribution in [0.25, 0.3) is 0 Å². The number of nitrogens with one attached hydrogen (secondary N) is 3. The number of ether oxygens (including phenoxy) is 1. The Kier molecular flexibility index (Phi) is 7.39. The third-order valence-electron chi connectivity index (χ3n) is 2.53. The lowest BCUT2D eigenvalue weighted by Gasteiger charge is -2.14. The van der Waals surface area contributed by atoms with Gasteiger partial charge in [0.2, 0.25) is 0 Å². The zero-order chi connectivity index (χ0) is 15.7. The van der Waals surface area contributed by atoms with Crippen molar-refractivity contribution in [3.63, 3.8) is 0 Å². The van der Waals surface area contributed by atoms with Crippen molar-refractivity contribution < 1.29 is 14.3 Å². The van der Waals surface area contributed by atoms with E-state index in [-0.39, 0.29) is 6.03 Å². The van der Waals surface area contributed by atoms with Crippen molar-refractivity contribution in [1.29, 1.82) is 0 Å². The Morgan fingerprint density at radius 1 is 1.24 bits per heavy atom. The maximum atomic E-state index is 11.7. The largest absolute Gasteiger partial charge is 0.462 e. The molecule has 21 heavy (non-hydrogen) atoms. The predicted octanol–water partition coefficient (Wildman–Crippen LogP) is 2.66. The monoisotopic (exact) mass is 313 g/mol. The van der Waals surface area contributed by atoms with Gasteiger partial charge < -0.3 is 20.7 Å². The maximum Gasteiger partial charge on any atom is 0.338 e. The van der Waals surface area contributed by atoms with Crippen LogP contribution in [-0.2, 0) is 4.74 Å². The molecule has 0 aromatic heterocycles. The van der Waals surface area contributed by atoms with Gasteiger partial charge in [-0.05, 0) is 32.0 Å². The van der Waals surface area contributed by atoms with Crippen molar-refractivity contribution in [3.05, 3.63) is 23.8 Å². The van der Waals surface area contributed by atoms with Crippen LogP contribution in [0.4, 0.5) is 16.2 Å². The smallest absolute Gasteiger partial charge is 0.338 e. The number of amides is 2. The van der Waals surface area contributed by atoms with E-state index in [1.54, 1.807) is 25.1 Å². The fourth-order valence-corrected chi connectivity index (χ4v) is 1.76. The minimum atomic E-state index is -0.426. The summed E-state index contributed by atoms with van der Waals surface area (Å²) in [6.07, 6.45) is 0. The molecule has 0 saturated heterocycles. The molecule has 7 heteroatoms. The first kappa shape index (κ1) is 17.1. The summed E-state index contributed by atoms with van der Waals surface area (Å²) in [7, 11) is 0. The molecule has 0 aliphatic carbocycles. The number of carbonyl (C=O) groups excluding carboxylic acids is 2. The van der Waals surface area contributed by atoms with Crippen LogP contribution in [0.2, 0.25) is 0 Å². The SMILES string of the molecule is CCNc1ccc(C(=O)OCC)cc1NC(=O)NCCCl. The van der Waals surface area contributed by atoms with Gasteiger partial charge in [-0.1, -0.05) is 0 Å². The zero-order valence-electron chi connectivity index (χ0n) is 12.2. The summed E-state index contributed by atoms with van der Waals surface area (Å²) in [5.41, 5.74) is 1.62. The van der Waals surface area contributed by atoms with Crippen LogP contribution in [-0.4, -0.2) is 37.6 Å². The fraction of sp³-hybridized carbons (Fsp3) is 0.429. The highest BCUT2D eigenvalue weighted by molar-refractivity contribution is 6.18. The van der Waals surface area contributed by atoms with E-state index in [0.717, 1.165) is 5.69 Å². The number of rotatable bonds is 7. The highest BCUT2D eigenvalue weighted by atomic mass is 35.5. The van der Waals surface area contributed by atoms with Crippen LogP contribution in [0.15, 0.2) is 18.2 Å². The molecule has 0 unspecified atom stereocenters. The molecule has 1 rings (SSSR count). The number of urea groups is 1.